The molecular formula is C29H36F4N2O. The first kappa shape index (κ1) is 25.5. The molecule has 3 aliphatic rings. The SMILES string of the molecule is CC(=N)C1CC2CCCC(C1)N2Cc1cc2c(C(F)(F)F)c(OC3CCC(C)CC3)ccc2cc1F. The number of halogens is 4. The Kier molecular flexibility index (Phi) is 7.05. The fourth-order valence-electron chi connectivity index (χ4n) is 6.69. The lowest BCUT2D eigenvalue weighted by Crippen LogP contribution is -2.52. The summed E-state index contributed by atoms with van der Waals surface area (Å²) in [5, 5.41) is 8.34. The van der Waals surface area contributed by atoms with Crippen molar-refractivity contribution in [2.75, 3.05) is 0 Å². The second-order valence-corrected chi connectivity index (χ2v) is 11.4. The number of benzene rings is 2. The van der Waals surface area contributed by atoms with Gasteiger partial charge in [0.15, 0.2) is 0 Å². The Bertz CT molecular complexity index is 1110. The van der Waals surface area contributed by atoms with Gasteiger partial charge in [0, 0.05) is 29.9 Å². The minimum Gasteiger partial charge on any atom is -0.490 e. The Morgan fingerprint density at radius 3 is 2.31 bits per heavy atom. The van der Waals surface area contributed by atoms with Crippen molar-refractivity contribution in [2.24, 2.45) is 11.8 Å². The molecule has 0 amide bonds. The number of hydrogen-bond donors (Lipinski definition) is 1. The highest BCUT2D eigenvalue weighted by Crippen LogP contribution is 2.44. The number of fused-ring (bicyclic) bond motifs is 3. The molecule has 2 bridgehead atoms. The van der Waals surface area contributed by atoms with Gasteiger partial charge in [-0.25, -0.2) is 4.39 Å². The Hall–Kier alpha value is -2.15. The largest absolute Gasteiger partial charge is 0.490 e. The number of hydrogen-bond acceptors (Lipinski definition) is 3. The summed E-state index contributed by atoms with van der Waals surface area (Å²) in [6.07, 6.45) is 3.38. The molecule has 0 radical (unpaired) electrons. The third kappa shape index (κ3) is 5.13. The Labute approximate surface area is 210 Å². The first-order valence-electron chi connectivity index (χ1n) is 13.4. The summed E-state index contributed by atoms with van der Waals surface area (Å²) in [7, 11) is 0. The number of alkyl halides is 3. The summed E-state index contributed by atoms with van der Waals surface area (Å²) in [6, 6.07) is 6.04. The predicted octanol–water partition coefficient (Wildman–Crippen LogP) is 8.13. The second-order valence-electron chi connectivity index (χ2n) is 11.4. The summed E-state index contributed by atoms with van der Waals surface area (Å²) in [5.41, 5.74) is 0.204. The molecule has 0 aromatic heterocycles. The van der Waals surface area contributed by atoms with Crippen LogP contribution in [0.2, 0.25) is 0 Å². The average molecular weight is 505 g/mol. The van der Waals surface area contributed by atoms with Crippen LogP contribution in [0.25, 0.3) is 10.8 Å². The molecule has 2 unspecified atom stereocenters. The first-order valence-corrected chi connectivity index (χ1v) is 13.4. The Balaban J connectivity index is 1.48. The number of nitrogens with one attached hydrogen (secondary N) is 1. The maximum atomic E-state index is 15.2. The van der Waals surface area contributed by atoms with Crippen molar-refractivity contribution < 1.29 is 22.3 Å². The quantitative estimate of drug-likeness (QED) is 0.330. The summed E-state index contributed by atoms with van der Waals surface area (Å²) in [4.78, 5) is 2.28. The standard InChI is InChI=1S/C29H36F4N2O/c1-17-6-9-24(10-7-17)36-27-11-8-19-15-26(30)21(14-25(19)28(27)29(31,32)33)16-35-22-4-3-5-23(35)13-20(12-22)18(2)34/h8,11,14-15,17,20,22-24,34H,3-7,9-10,12-13,16H2,1-2H3. The molecule has 2 aromatic rings. The number of piperidine rings is 2. The maximum Gasteiger partial charge on any atom is 0.420 e. The molecular weight excluding hydrogens is 468 g/mol. The highest BCUT2D eigenvalue weighted by atomic mass is 19.4. The molecule has 1 aliphatic carbocycles. The Morgan fingerprint density at radius 1 is 1.03 bits per heavy atom. The van der Waals surface area contributed by atoms with Crippen LogP contribution in [0.3, 0.4) is 0 Å². The van der Waals surface area contributed by atoms with Gasteiger partial charge in [0.1, 0.15) is 17.1 Å². The van der Waals surface area contributed by atoms with E-state index in [1.54, 1.807) is 6.07 Å². The van der Waals surface area contributed by atoms with Crippen LogP contribution in [-0.4, -0.2) is 28.8 Å². The van der Waals surface area contributed by atoms with Gasteiger partial charge < -0.3 is 10.1 Å². The third-order valence-corrected chi connectivity index (χ3v) is 8.78. The fraction of sp³-hybridized carbons (Fsp3) is 0.621. The van der Waals surface area contributed by atoms with E-state index in [0.717, 1.165) is 57.8 Å². The minimum atomic E-state index is -4.61. The van der Waals surface area contributed by atoms with Crippen molar-refractivity contribution in [3.05, 3.63) is 41.2 Å². The first-order chi connectivity index (χ1) is 17.1. The summed E-state index contributed by atoms with van der Waals surface area (Å²) in [6.45, 7) is 4.31. The van der Waals surface area contributed by atoms with Gasteiger partial charge in [-0.05, 0) is 99.1 Å². The molecule has 2 aromatic carbocycles. The molecule has 0 spiro atoms. The van der Waals surface area contributed by atoms with E-state index >= 15 is 4.39 Å². The van der Waals surface area contributed by atoms with Crippen molar-refractivity contribution >= 4 is 16.5 Å². The summed E-state index contributed by atoms with van der Waals surface area (Å²) >= 11 is 0. The summed E-state index contributed by atoms with van der Waals surface area (Å²) < 4.78 is 64.3. The molecule has 1 saturated carbocycles. The predicted molar refractivity (Wildman–Crippen MR) is 134 cm³/mol. The lowest BCUT2D eigenvalue weighted by atomic mass is 9.76. The lowest BCUT2D eigenvalue weighted by Gasteiger charge is -2.49. The zero-order chi connectivity index (χ0) is 25.6. The molecule has 2 aliphatic heterocycles. The van der Waals surface area contributed by atoms with Gasteiger partial charge in [-0.15, -0.1) is 0 Å². The van der Waals surface area contributed by atoms with Crippen LogP contribution in [0.1, 0.15) is 82.8 Å². The Morgan fingerprint density at radius 2 is 1.69 bits per heavy atom. The minimum absolute atomic E-state index is 0.0101. The zero-order valence-electron chi connectivity index (χ0n) is 21.1. The lowest BCUT2D eigenvalue weighted by molar-refractivity contribution is -0.138. The highest BCUT2D eigenvalue weighted by Gasteiger charge is 2.40. The van der Waals surface area contributed by atoms with Gasteiger partial charge in [0.05, 0.1) is 6.10 Å². The van der Waals surface area contributed by atoms with Gasteiger partial charge in [-0.1, -0.05) is 19.4 Å². The molecule has 36 heavy (non-hydrogen) atoms. The highest BCUT2D eigenvalue weighted by molar-refractivity contribution is 5.89. The van der Waals surface area contributed by atoms with E-state index in [9.17, 15) is 13.2 Å². The van der Waals surface area contributed by atoms with Crippen molar-refractivity contribution in [3.8, 4) is 5.75 Å². The van der Waals surface area contributed by atoms with Gasteiger partial charge in [-0.2, -0.15) is 13.2 Å². The summed E-state index contributed by atoms with van der Waals surface area (Å²) in [5.74, 6) is 0.208. The van der Waals surface area contributed by atoms with Crippen LogP contribution in [0, 0.1) is 23.1 Å². The van der Waals surface area contributed by atoms with E-state index in [4.69, 9.17) is 10.1 Å². The molecule has 196 valence electrons. The van der Waals surface area contributed by atoms with Crippen LogP contribution in [0.15, 0.2) is 24.3 Å². The fourth-order valence-corrected chi connectivity index (χ4v) is 6.69. The van der Waals surface area contributed by atoms with Crippen molar-refractivity contribution in [2.45, 2.75) is 103 Å². The van der Waals surface area contributed by atoms with E-state index in [2.05, 4.69) is 11.8 Å². The van der Waals surface area contributed by atoms with Gasteiger partial charge in [-0.3, -0.25) is 4.90 Å². The van der Waals surface area contributed by atoms with Crippen LogP contribution >= 0.6 is 0 Å². The van der Waals surface area contributed by atoms with Gasteiger partial charge in [0.25, 0.3) is 0 Å². The monoisotopic (exact) mass is 504 g/mol. The molecule has 5 rings (SSSR count). The van der Waals surface area contributed by atoms with Crippen molar-refractivity contribution in [1.82, 2.24) is 4.90 Å². The molecule has 2 saturated heterocycles. The normalized spacial score (nSPS) is 29.3. The van der Waals surface area contributed by atoms with E-state index in [1.165, 1.54) is 18.2 Å². The molecule has 1 N–H and O–H groups in total. The van der Waals surface area contributed by atoms with E-state index in [-0.39, 0.29) is 40.6 Å². The average Bonchev–Trinajstić information content (AvgIpc) is 2.80. The van der Waals surface area contributed by atoms with Crippen LogP contribution in [0.4, 0.5) is 17.6 Å². The molecule has 3 nitrogen and oxygen atoms in total. The molecule has 7 heteroatoms. The molecule has 2 atom stereocenters. The molecule has 2 heterocycles. The van der Waals surface area contributed by atoms with E-state index < -0.39 is 17.6 Å². The maximum absolute atomic E-state index is 15.2. The van der Waals surface area contributed by atoms with Crippen molar-refractivity contribution in [3.63, 3.8) is 0 Å². The van der Waals surface area contributed by atoms with Gasteiger partial charge in [0.2, 0.25) is 0 Å². The smallest absolute Gasteiger partial charge is 0.420 e. The topological polar surface area (TPSA) is 36.3 Å². The van der Waals surface area contributed by atoms with Crippen LogP contribution < -0.4 is 4.74 Å². The second kappa shape index (κ2) is 9.96. The molecule has 3 fully saturated rings. The number of ether oxygens (including phenoxy) is 1. The third-order valence-electron chi connectivity index (χ3n) is 8.78. The number of rotatable bonds is 5. The zero-order valence-corrected chi connectivity index (χ0v) is 21.1. The van der Waals surface area contributed by atoms with Gasteiger partial charge >= 0.3 is 6.18 Å². The van der Waals surface area contributed by atoms with Crippen molar-refractivity contribution in [1.29, 1.82) is 5.41 Å². The number of nitrogens with zero attached hydrogens (tertiary/aromatic N) is 1. The van der Waals surface area contributed by atoms with Crippen LogP contribution in [0.5, 0.6) is 5.75 Å². The van der Waals surface area contributed by atoms with E-state index in [0.29, 0.717) is 23.7 Å². The van der Waals surface area contributed by atoms with Crippen LogP contribution in [-0.2, 0) is 12.7 Å². The van der Waals surface area contributed by atoms with E-state index in [1.807, 2.05) is 6.92 Å².